The highest BCUT2D eigenvalue weighted by Gasteiger charge is 2.38. The molecule has 2 aliphatic rings. The highest BCUT2D eigenvalue weighted by molar-refractivity contribution is 6.31. The van der Waals surface area contributed by atoms with Gasteiger partial charge in [0.2, 0.25) is 0 Å². The Morgan fingerprint density at radius 2 is 2.39 bits per heavy atom. The van der Waals surface area contributed by atoms with Gasteiger partial charge in [-0.3, -0.25) is 4.79 Å². The van der Waals surface area contributed by atoms with Crippen molar-refractivity contribution in [2.45, 2.75) is 12.5 Å². The number of hydrogen-bond acceptors (Lipinski definition) is 3. The lowest BCUT2D eigenvalue weighted by molar-refractivity contribution is 0.0919. The molecule has 18 heavy (non-hydrogen) atoms. The topological polar surface area (TPSA) is 45.2 Å². The molecule has 0 spiro atoms. The lowest BCUT2D eigenvalue weighted by Crippen LogP contribution is -2.43. The summed E-state index contributed by atoms with van der Waals surface area (Å²) in [6, 6.07) is 1.44. The van der Waals surface area contributed by atoms with Gasteiger partial charge in [0.05, 0.1) is 11.2 Å². The van der Waals surface area contributed by atoms with E-state index in [9.17, 15) is 9.18 Å². The molecule has 4 nitrogen and oxygen atoms in total. The van der Waals surface area contributed by atoms with Crippen molar-refractivity contribution in [2.75, 3.05) is 19.6 Å². The normalized spacial score (nSPS) is 29.6. The predicted octanol–water partition coefficient (Wildman–Crippen LogP) is 1.31. The second kappa shape index (κ2) is 4.48. The van der Waals surface area contributed by atoms with Crippen LogP contribution in [0.2, 0.25) is 5.02 Å². The Labute approximate surface area is 109 Å². The van der Waals surface area contributed by atoms with Crippen LogP contribution in [0.1, 0.15) is 16.9 Å². The van der Waals surface area contributed by atoms with E-state index >= 15 is 0 Å². The quantitative estimate of drug-likeness (QED) is 0.880. The molecule has 0 saturated carbocycles. The fourth-order valence-corrected chi connectivity index (χ4v) is 2.88. The summed E-state index contributed by atoms with van der Waals surface area (Å²) < 4.78 is 13.0. The lowest BCUT2D eigenvalue weighted by atomic mass is 10.00. The van der Waals surface area contributed by atoms with Crippen LogP contribution in [0.25, 0.3) is 0 Å². The summed E-state index contributed by atoms with van der Waals surface area (Å²) in [5.41, 5.74) is 0.166. The molecule has 2 aliphatic heterocycles. The van der Waals surface area contributed by atoms with Gasteiger partial charge in [-0.2, -0.15) is 0 Å². The Bertz CT molecular complexity index is 496. The van der Waals surface area contributed by atoms with Gasteiger partial charge in [-0.05, 0) is 24.9 Å². The molecule has 2 bridgehead atoms. The molecule has 0 radical (unpaired) electrons. The molecule has 0 aliphatic carbocycles. The Balaban J connectivity index is 1.69. The van der Waals surface area contributed by atoms with Gasteiger partial charge < -0.3 is 10.2 Å². The molecular formula is C12H13ClFN3O. The maximum Gasteiger partial charge on any atom is 0.270 e. The van der Waals surface area contributed by atoms with Crippen LogP contribution < -0.4 is 5.32 Å². The maximum atomic E-state index is 13.0. The first-order valence-electron chi connectivity index (χ1n) is 5.98. The first-order valence-corrected chi connectivity index (χ1v) is 6.35. The number of pyridine rings is 1. The van der Waals surface area contributed by atoms with Crippen molar-refractivity contribution in [1.29, 1.82) is 0 Å². The molecule has 3 atom stereocenters. The zero-order valence-electron chi connectivity index (χ0n) is 9.70. The summed E-state index contributed by atoms with van der Waals surface area (Å²) >= 11 is 5.63. The number of nitrogens with one attached hydrogen (secondary N) is 1. The Hall–Kier alpha value is -1.20. The summed E-state index contributed by atoms with van der Waals surface area (Å²) in [5.74, 6) is -0.361. The number of fused-ring (bicyclic) bond motifs is 2. The van der Waals surface area contributed by atoms with Gasteiger partial charge in [-0.15, -0.1) is 0 Å². The molecule has 1 aromatic heterocycles. The number of carbonyl (C=O) groups excluding carboxylic acids is 1. The monoisotopic (exact) mass is 269 g/mol. The summed E-state index contributed by atoms with van der Waals surface area (Å²) in [4.78, 5) is 18.1. The molecule has 96 valence electrons. The largest absolute Gasteiger partial charge is 0.346 e. The van der Waals surface area contributed by atoms with Crippen LogP contribution in [-0.2, 0) is 0 Å². The summed E-state index contributed by atoms with van der Waals surface area (Å²) in [5, 5.41) is 2.87. The van der Waals surface area contributed by atoms with Crippen molar-refractivity contribution >= 4 is 17.5 Å². The third kappa shape index (κ3) is 2.08. The van der Waals surface area contributed by atoms with Crippen LogP contribution in [0.4, 0.5) is 4.39 Å². The van der Waals surface area contributed by atoms with Crippen molar-refractivity contribution in [3.63, 3.8) is 0 Å². The molecule has 2 fully saturated rings. The van der Waals surface area contributed by atoms with E-state index in [0.717, 1.165) is 32.3 Å². The molecule has 3 heterocycles. The predicted molar refractivity (Wildman–Crippen MR) is 65.0 cm³/mol. The average molecular weight is 270 g/mol. The number of piperidine rings is 1. The van der Waals surface area contributed by atoms with E-state index < -0.39 is 5.82 Å². The van der Waals surface area contributed by atoms with Crippen LogP contribution in [0.5, 0.6) is 0 Å². The molecule has 0 aromatic carbocycles. The Morgan fingerprint density at radius 3 is 3.00 bits per heavy atom. The fraction of sp³-hybridized carbons (Fsp3) is 0.500. The Morgan fingerprint density at radius 1 is 1.56 bits per heavy atom. The number of nitrogens with zero attached hydrogens (tertiary/aromatic N) is 2. The van der Waals surface area contributed by atoms with Gasteiger partial charge in [0.1, 0.15) is 5.69 Å². The molecule has 1 aromatic rings. The second-order valence-corrected chi connectivity index (χ2v) is 5.28. The zero-order chi connectivity index (χ0) is 12.7. The standard InChI is InChI=1S/C12H13ClFN3O/c13-8-3-10(15-4-9(8)14)12(18)16-11-6-17-2-1-7(11)5-17/h3-4,7,11H,1-2,5-6H2,(H,16,18)/t7-,11?/m0/s1. The van der Waals surface area contributed by atoms with Gasteiger partial charge in [-0.25, -0.2) is 9.37 Å². The number of carbonyl (C=O) groups is 1. The molecule has 1 N–H and O–H groups in total. The molecule has 2 unspecified atom stereocenters. The van der Waals surface area contributed by atoms with E-state index in [4.69, 9.17) is 11.6 Å². The van der Waals surface area contributed by atoms with Crippen LogP contribution in [0.15, 0.2) is 12.3 Å². The third-order valence-corrected chi connectivity index (χ3v) is 3.98. The van der Waals surface area contributed by atoms with Gasteiger partial charge in [0.15, 0.2) is 5.82 Å². The van der Waals surface area contributed by atoms with E-state index in [2.05, 4.69) is 15.2 Å². The van der Waals surface area contributed by atoms with E-state index in [1.807, 2.05) is 0 Å². The van der Waals surface area contributed by atoms with Crippen LogP contribution in [0, 0.1) is 11.7 Å². The smallest absolute Gasteiger partial charge is 0.270 e. The van der Waals surface area contributed by atoms with Crippen molar-refractivity contribution in [3.05, 3.63) is 28.8 Å². The van der Waals surface area contributed by atoms with Crippen LogP contribution in [-0.4, -0.2) is 41.5 Å². The van der Waals surface area contributed by atoms with Gasteiger partial charge in [-0.1, -0.05) is 11.6 Å². The minimum Gasteiger partial charge on any atom is -0.346 e. The van der Waals surface area contributed by atoms with E-state index in [0.29, 0.717) is 5.92 Å². The number of halogens is 2. The maximum absolute atomic E-state index is 13.0. The minimum atomic E-state index is -0.612. The number of rotatable bonds is 2. The minimum absolute atomic E-state index is 0.0770. The van der Waals surface area contributed by atoms with Crippen LogP contribution >= 0.6 is 11.6 Å². The average Bonchev–Trinajstić information content (AvgIpc) is 2.94. The van der Waals surface area contributed by atoms with Gasteiger partial charge in [0, 0.05) is 19.1 Å². The lowest BCUT2D eigenvalue weighted by Gasteiger charge is -2.22. The van der Waals surface area contributed by atoms with Gasteiger partial charge in [0.25, 0.3) is 5.91 Å². The highest BCUT2D eigenvalue weighted by atomic mass is 35.5. The van der Waals surface area contributed by atoms with Gasteiger partial charge >= 0.3 is 0 Å². The number of amides is 1. The fourth-order valence-electron chi connectivity index (χ4n) is 2.73. The number of aromatic nitrogens is 1. The first kappa shape index (κ1) is 11.9. The van der Waals surface area contributed by atoms with Crippen molar-refractivity contribution in [3.8, 4) is 0 Å². The van der Waals surface area contributed by atoms with Crippen molar-refractivity contribution in [2.24, 2.45) is 5.92 Å². The molecule has 2 saturated heterocycles. The van der Waals surface area contributed by atoms with E-state index in [1.54, 1.807) is 0 Å². The summed E-state index contributed by atoms with van der Waals surface area (Å²) in [6.07, 6.45) is 2.10. The van der Waals surface area contributed by atoms with Crippen molar-refractivity contribution < 1.29 is 9.18 Å². The summed E-state index contributed by atoms with van der Waals surface area (Å²) in [6.45, 7) is 3.07. The highest BCUT2D eigenvalue weighted by Crippen LogP contribution is 2.27. The molecule has 1 amide bonds. The SMILES string of the molecule is O=C(NC1CN2CC[C@H]1C2)c1cc(Cl)c(F)cn1. The Kier molecular flexibility index (Phi) is 2.95. The van der Waals surface area contributed by atoms with Crippen molar-refractivity contribution in [1.82, 2.24) is 15.2 Å². The molecular weight excluding hydrogens is 257 g/mol. The molecule has 6 heteroatoms. The van der Waals surface area contributed by atoms with E-state index in [1.165, 1.54) is 6.07 Å². The third-order valence-electron chi connectivity index (χ3n) is 3.69. The van der Waals surface area contributed by atoms with Crippen LogP contribution in [0.3, 0.4) is 0 Å². The number of hydrogen-bond donors (Lipinski definition) is 1. The first-order chi connectivity index (χ1) is 8.63. The second-order valence-electron chi connectivity index (χ2n) is 4.87. The molecule has 3 rings (SSSR count). The summed E-state index contributed by atoms with van der Waals surface area (Å²) in [7, 11) is 0. The zero-order valence-corrected chi connectivity index (χ0v) is 10.5. The van der Waals surface area contributed by atoms with E-state index in [-0.39, 0.29) is 22.7 Å².